The fourth-order valence-electron chi connectivity index (χ4n) is 2.21. The highest BCUT2D eigenvalue weighted by Crippen LogP contribution is 2.24. The summed E-state index contributed by atoms with van der Waals surface area (Å²) in [5, 5.41) is 9.88. The molecule has 0 aromatic rings. The van der Waals surface area contributed by atoms with Gasteiger partial charge in [0.05, 0.1) is 6.10 Å². The van der Waals surface area contributed by atoms with Crippen LogP contribution in [0, 0.1) is 11.8 Å². The van der Waals surface area contributed by atoms with Gasteiger partial charge < -0.3 is 10.0 Å². The van der Waals surface area contributed by atoms with Crippen LogP contribution in [0.4, 0.5) is 0 Å². The second kappa shape index (κ2) is 4.97. The zero-order valence-electron chi connectivity index (χ0n) is 9.16. The number of nitrogens with zero attached hydrogens (tertiary/aromatic N) is 1. The smallest absolute Gasteiger partial charge is 0.0695 e. The maximum atomic E-state index is 9.88. The van der Waals surface area contributed by atoms with Gasteiger partial charge in [0.25, 0.3) is 0 Å². The first-order chi connectivity index (χ1) is 6.13. The molecule has 1 aliphatic heterocycles. The summed E-state index contributed by atoms with van der Waals surface area (Å²) in [5.74, 6) is 1.26. The molecule has 0 aromatic heterocycles. The number of β-amino-alcohol motifs (C(OH)–C–C–N with tert-alkyl or cyclic N) is 1. The topological polar surface area (TPSA) is 23.5 Å². The summed E-state index contributed by atoms with van der Waals surface area (Å²) in [5.41, 5.74) is 0. The van der Waals surface area contributed by atoms with E-state index in [4.69, 9.17) is 0 Å². The van der Waals surface area contributed by atoms with Crippen molar-refractivity contribution < 1.29 is 5.11 Å². The Morgan fingerprint density at radius 2 is 2.15 bits per heavy atom. The van der Waals surface area contributed by atoms with E-state index in [0.29, 0.717) is 11.8 Å². The average Bonchev–Trinajstić information content (AvgIpc) is 2.08. The number of rotatable bonds is 3. The molecule has 1 heterocycles. The van der Waals surface area contributed by atoms with Crippen molar-refractivity contribution in [2.24, 2.45) is 11.8 Å². The normalized spacial score (nSPS) is 31.2. The van der Waals surface area contributed by atoms with Gasteiger partial charge in [-0.3, -0.25) is 0 Å². The third kappa shape index (κ3) is 3.28. The van der Waals surface area contributed by atoms with Gasteiger partial charge in [-0.2, -0.15) is 0 Å². The zero-order valence-corrected chi connectivity index (χ0v) is 9.16. The maximum Gasteiger partial charge on any atom is 0.0695 e. The molecule has 2 nitrogen and oxygen atoms in total. The number of likely N-dealkylation sites (N-methyl/N-ethyl adjacent to an activating group) is 1. The summed E-state index contributed by atoms with van der Waals surface area (Å²) in [6.45, 7) is 9.76. The largest absolute Gasteiger partial charge is 0.392 e. The standard InChI is InChI=1S/C11H23NO/c1-4-12-6-5-10(7-9(2)3)11(13)8-12/h9-11,13H,4-8H2,1-3H3/t10?,11-/m1/s1. The Morgan fingerprint density at radius 1 is 1.46 bits per heavy atom. The van der Waals surface area contributed by atoms with Gasteiger partial charge in [-0.1, -0.05) is 20.8 Å². The molecule has 78 valence electrons. The molecular formula is C11H23NO. The van der Waals surface area contributed by atoms with E-state index in [1.165, 1.54) is 19.4 Å². The average molecular weight is 185 g/mol. The SMILES string of the molecule is CCN1CCC(CC(C)C)[C@H](O)C1. The third-order valence-corrected chi connectivity index (χ3v) is 3.03. The van der Waals surface area contributed by atoms with Crippen LogP contribution in [0.3, 0.4) is 0 Å². The lowest BCUT2D eigenvalue weighted by molar-refractivity contribution is 0.0157. The molecule has 0 radical (unpaired) electrons. The number of aliphatic hydroxyl groups excluding tert-OH is 1. The Morgan fingerprint density at radius 3 is 2.62 bits per heavy atom. The molecule has 0 aliphatic carbocycles. The first-order valence-electron chi connectivity index (χ1n) is 5.54. The molecule has 0 aromatic carbocycles. The minimum atomic E-state index is -0.0869. The Kier molecular flexibility index (Phi) is 4.20. The van der Waals surface area contributed by atoms with Crippen molar-refractivity contribution in [1.29, 1.82) is 0 Å². The highest BCUT2D eigenvalue weighted by Gasteiger charge is 2.26. The molecule has 2 heteroatoms. The van der Waals surface area contributed by atoms with Crippen molar-refractivity contribution >= 4 is 0 Å². The molecule has 2 atom stereocenters. The van der Waals surface area contributed by atoms with E-state index in [1.807, 2.05) is 0 Å². The van der Waals surface area contributed by atoms with Gasteiger partial charge in [-0.25, -0.2) is 0 Å². The zero-order chi connectivity index (χ0) is 9.84. The van der Waals surface area contributed by atoms with Crippen molar-refractivity contribution in [3.63, 3.8) is 0 Å². The van der Waals surface area contributed by atoms with Gasteiger partial charge in [0, 0.05) is 6.54 Å². The van der Waals surface area contributed by atoms with Gasteiger partial charge in [0.1, 0.15) is 0 Å². The van der Waals surface area contributed by atoms with Crippen molar-refractivity contribution in [2.45, 2.75) is 39.7 Å². The first-order valence-corrected chi connectivity index (χ1v) is 5.54. The lowest BCUT2D eigenvalue weighted by Gasteiger charge is -2.36. The lowest BCUT2D eigenvalue weighted by Crippen LogP contribution is -2.43. The molecule has 1 saturated heterocycles. The van der Waals surface area contributed by atoms with Crippen LogP contribution in [0.15, 0.2) is 0 Å². The molecule has 0 saturated carbocycles. The predicted molar refractivity (Wildman–Crippen MR) is 55.7 cm³/mol. The monoisotopic (exact) mass is 185 g/mol. The van der Waals surface area contributed by atoms with E-state index in [1.54, 1.807) is 0 Å². The summed E-state index contributed by atoms with van der Waals surface area (Å²) in [4.78, 5) is 2.33. The Bertz CT molecular complexity index is 147. The van der Waals surface area contributed by atoms with Crippen molar-refractivity contribution in [1.82, 2.24) is 4.90 Å². The van der Waals surface area contributed by atoms with Crippen molar-refractivity contribution in [3.05, 3.63) is 0 Å². The van der Waals surface area contributed by atoms with Crippen molar-refractivity contribution in [3.8, 4) is 0 Å². The summed E-state index contributed by atoms with van der Waals surface area (Å²) in [6.07, 6.45) is 2.27. The second-order valence-electron chi connectivity index (χ2n) is 4.64. The van der Waals surface area contributed by atoms with Gasteiger partial charge in [-0.15, -0.1) is 0 Å². The molecule has 1 fully saturated rings. The van der Waals surface area contributed by atoms with Crippen LogP contribution in [0.2, 0.25) is 0 Å². The first kappa shape index (κ1) is 11.0. The van der Waals surface area contributed by atoms with E-state index < -0.39 is 0 Å². The summed E-state index contributed by atoms with van der Waals surface area (Å²) >= 11 is 0. The van der Waals surface area contributed by atoms with Crippen molar-refractivity contribution in [2.75, 3.05) is 19.6 Å². The number of aliphatic hydroxyl groups is 1. The minimum absolute atomic E-state index is 0.0869. The van der Waals surface area contributed by atoms with E-state index in [2.05, 4.69) is 25.7 Å². The van der Waals surface area contributed by atoms with Crippen LogP contribution < -0.4 is 0 Å². The molecule has 13 heavy (non-hydrogen) atoms. The van der Waals surface area contributed by atoms with Gasteiger partial charge in [0.15, 0.2) is 0 Å². The molecule has 1 aliphatic rings. The molecular weight excluding hydrogens is 162 g/mol. The van der Waals surface area contributed by atoms with E-state index in [-0.39, 0.29) is 6.10 Å². The predicted octanol–water partition coefficient (Wildman–Crippen LogP) is 1.74. The highest BCUT2D eigenvalue weighted by molar-refractivity contribution is 4.79. The Labute approximate surface area is 81.9 Å². The van der Waals surface area contributed by atoms with E-state index in [9.17, 15) is 5.11 Å². The molecule has 1 N–H and O–H groups in total. The number of piperidine rings is 1. The molecule has 1 rings (SSSR count). The summed E-state index contributed by atoms with van der Waals surface area (Å²) < 4.78 is 0. The second-order valence-corrected chi connectivity index (χ2v) is 4.64. The summed E-state index contributed by atoms with van der Waals surface area (Å²) in [6, 6.07) is 0. The third-order valence-electron chi connectivity index (χ3n) is 3.03. The van der Waals surface area contributed by atoms with Crippen LogP contribution >= 0.6 is 0 Å². The van der Waals surface area contributed by atoms with Gasteiger partial charge in [0.2, 0.25) is 0 Å². The van der Waals surface area contributed by atoms with Crippen LogP contribution in [-0.4, -0.2) is 35.7 Å². The maximum absolute atomic E-state index is 9.88. The Balaban J connectivity index is 2.35. The molecule has 0 spiro atoms. The van der Waals surface area contributed by atoms with Gasteiger partial charge >= 0.3 is 0 Å². The fraction of sp³-hybridized carbons (Fsp3) is 1.00. The highest BCUT2D eigenvalue weighted by atomic mass is 16.3. The Hall–Kier alpha value is -0.0800. The van der Waals surface area contributed by atoms with Crippen LogP contribution in [0.5, 0.6) is 0 Å². The van der Waals surface area contributed by atoms with Crippen LogP contribution in [0.25, 0.3) is 0 Å². The van der Waals surface area contributed by atoms with E-state index in [0.717, 1.165) is 13.1 Å². The minimum Gasteiger partial charge on any atom is -0.392 e. The van der Waals surface area contributed by atoms with Crippen LogP contribution in [-0.2, 0) is 0 Å². The van der Waals surface area contributed by atoms with Crippen LogP contribution in [0.1, 0.15) is 33.6 Å². The molecule has 0 bridgehead atoms. The lowest BCUT2D eigenvalue weighted by atomic mass is 9.86. The number of hydrogen-bond donors (Lipinski definition) is 1. The fourth-order valence-corrected chi connectivity index (χ4v) is 2.21. The quantitative estimate of drug-likeness (QED) is 0.724. The molecule has 1 unspecified atom stereocenters. The molecule has 0 amide bonds. The number of hydrogen-bond acceptors (Lipinski definition) is 2. The summed E-state index contributed by atoms with van der Waals surface area (Å²) in [7, 11) is 0. The van der Waals surface area contributed by atoms with Gasteiger partial charge in [-0.05, 0) is 37.8 Å². The number of likely N-dealkylation sites (tertiary alicyclic amines) is 1. The van der Waals surface area contributed by atoms with E-state index >= 15 is 0 Å².